The Morgan fingerprint density at radius 1 is 1.44 bits per heavy atom. The van der Waals surface area contributed by atoms with Gasteiger partial charge in [0.15, 0.2) is 0 Å². The minimum Gasteiger partial charge on any atom is -0.378 e. The summed E-state index contributed by atoms with van der Waals surface area (Å²) in [5.41, 5.74) is 0. The lowest BCUT2D eigenvalue weighted by molar-refractivity contribution is -0.0140. The van der Waals surface area contributed by atoms with E-state index in [0.29, 0.717) is 12.7 Å². The Kier molecular flexibility index (Phi) is 6.44. The van der Waals surface area contributed by atoms with Gasteiger partial charge in [-0.05, 0) is 32.2 Å². The van der Waals surface area contributed by atoms with Crippen molar-refractivity contribution in [3.05, 3.63) is 0 Å². The Labute approximate surface area is 99.2 Å². The molecule has 1 N–H and O–H groups in total. The van der Waals surface area contributed by atoms with E-state index < -0.39 is 0 Å². The molecular formula is C13H24N2O. The maximum Gasteiger partial charge on any atom is 0.0972 e. The summed E-state index contributed by atoms with van der Waals surface area (Å²) in [6.45, 7) is 2.96. The SMILES string of the molecule is CCC1CCCCC1OCCC(C#N)NC. The first-order valence-electron chi connectivity index (χ1n) is 6.50. The molecule has 0 radical (unpaired) electrons. The van der Waals surface area contributed by atoms with E-state index in [0.717, 1.165) is 12.3 Å². The molecule has 0 heterocycles. The van der Waals surface area contributed by atoms with Gasteiger partial charge in [-0.25, -0.2) is 0 Å². The number of nitrogens with one attached hydrogen (secondary N) is 1. The van der Waals surface area contributed by atoms with E-state index in [1.807, 2.05) is 7.05 Å². The summed E-state index contributed by atoms with van der Waals surface area (Å²) in [6, 6.07) is 2.16. The summed E-state index contributed by atoms with van der Waals surface area (Å²) >= 11 is 0. The summed E-state index contributed by atoms with van der Waals surface area (Å²) < 4.78 is 5.93. The van der Waals surface area contributed by atoms with Gasteiger partial charge in [-0.2, -0.15) is 5.26 Å². The third-order valence-electron chi connectivity index (χ3n) is 3.61. The van der Waals surface area contributed by atoms with Crippen LogP contribution in [0.15, 0.2) is 0 Å². The average Bonchev–Trinajstić information content (AvgIpc) is 2.35. The first-order valence-corrected chi connectivity index (χ1v) is 6.50. The second kappa shape index (κ2) is 7.65. The van der Waals surface area contributed by atoms with Crippen LogP contribution in [0.3, 0.4) is 0 Å². The molecule has 0 aromatic rings. The number of rotatable bonds is 6. The summed E-state index contributed by atoms with van der Waals surface area (Å²) in [5.74, 6) is 0.740. The van der Waals surface area contributed by atoms with E-state index in [2.05, 4.69) is 18.3 Å². The molecule has 1 fully saturated rings. The van der Waals surface area contributed by atoms with Crippen LogP contribution in [0, 0.1) is 17.2 Å². The number of ether oxygens (including phenoxy) is 1. The Hall–Kier alpha value is -0.590. The molecule has 3 heteroatoms. The third-order valence-corrected chi connectivity index (χ3v) is 3.61. The van der Waals surface area contributed by atoms with Crippen molar-refractivity contribution in [2.45, 2.75) is 57.6 Å². The fourth-order valence-electron chi connectivity index (χ4n) is 2.47. The van der Waals surface area contributed by atoms with Crippen molar-refractivity contribution in [2.75, 3.05) is 13.7 Å². The van der Waals surface area contributed by atoms with Crippen LogP contribution in [0.2, 0.25) is 0 Å². The summed E-state index contributed by atoms with van der Waals surface area (Å²) in [6.07, 6.45) is 7.63. The number of nitriles is 1. The number of hydrogen-bond acceptors (Lipinski definition) is 3. The molecule has 3 nitrogen and oxygen atoms in total. The predicted molar refractivity (Wildman–Crippen MR) is 65.1 cm³/mol. The normalized spacial score (nSPS) is 27.3. The fourth-order valence-corrected chi connectivity index (χ4v) is 2.47. The van der Waals surface area contributed by atoms with Crippen molar-refractivity contribution in [1.29, 1.82) is 5.26 Å². The highest BCUT2D eigenvalue weighted by atomic mass is 16.5. The fraction of sp³-hybridized carbons (Fsp3) is 0.923. The predicted octanol–water partition coefficient (Wildman–Crippen LogP) is 2.47. The largest absolute Gasteiger partial charge is 0.378 e. The molecule has 0 saturated heterocycles. The Morgan fingerprint density at radius 2 is 2.19 bits per heavy atom. The van der Waals surface area contributed by atoms with Gasteiger partial charge in [0.25, 0.3) is 0 Å². The van der Waals surface area contributed by atoms with Gasteiger partial charge >= 0.3 is 0 Å². The summed E-state index contributed by atoms with van der Waals surface area (Å²) in [5, 5.41) is 11.8. The molecule has 0 aliphatic heterocycles. The molecule has 0 spiro atoms. The monoisotopic (exact) mass is 224 g/mol. The Balaban J connectivity index is 2.22. The van der Waals surface area contributed by atoms with E-state index in [9.17, 15) is 0 Å². The van der Waals surface area contributed by atoms with Gasteiger partial charge < -0.3 is 10.1 Å². The van der Waals surface area contributed by atoms with Crippen LogP contribution in [-0.2, 0) is 4.74 Å². The summed E-state index contributed by atoms with van der Waals surface area (Å²) in [7, 11) is 1.82. The van der Waals surface area contributed by atoms with Crippen molar-refractivity contribution < 1.29 is 4.74 Å². The van der Waals surface area contributed by atoms with E-state index >= 15 is 0 Å². The van der Waals surface area contributed by atoms with Crippen LogP contribution in [-0.4, -0.2) is 25.8 Å². The molecule has 1 aliphatic rings. The zero-order valence-electron chi connectivity index (χ0n) is 10.5. The molecule has 3 atom stereocenters. The lowest BCUT2D eigenvalue weighted by Gasteiger charge is -2.31. The Bertz CT molecular complexity index is 224. The molecule has 1 saturated carbocycles. The maximum absolute atomic E-state index is 8.79. The highest BCUT2D eigenvalue weighted by Gasteiger charge is 2.24. The second-order valence-electron chi connectivity index (χ2n) is 4.62. The summed E-state index contributed by atoms with van der Waals surface area (Å²) in [4.78, 5) is 0. The third kappa shape index (κ3) is 4.11. The van der Waals surface area contributed by atoms with E-state index in [1.54, 1.807) is 0 Å². The topological polar surface area (TPSA) is 45.0 Å². The van der Waals surface area contributed by atoms with Crippen molar-refractivity contribution in [2.24, 2.45) is 5.92 Å². The van der Waals surface area contributed by atoms with Crippen LogP contribution in [0.5, 0.6) is 0 Å². The van der Waals surface area contributed by atoms with Crippen molar-refractivity contribution in [3.8, 4) is 6.07 Å². The minimum absolute atomic E-state index is 0.0660. The van der Waals surface area contributed by atoms with Gasteiger partial charge in [-0.1, -0.05) is 26.2 Å². The van der Waals surface area contributed by atoms with Crippen molar-refractivity contribution >= 4 is 0 Å². The van der Waals surface area contributed by atoms with E-state index in [1.165, 1.54) is 32.1 Å². The van der Waals surface area contributed by atoms with Crippen molar-refractivity contribution in [3.63, 3.8) is 0 Å². The molecule has 0 aromatic carbocycles. The number of nitrogens with zero attached hydrogens (tertiary/aromatic N) is 1. The standard InChI is InChI=1S/C13H24N2O/c1-3-11-6-4-5-7-13(11)16-9-8-12(10-14)15-2/h11-13,15H,3-9H2,1-2H3. The minimum atomic E-state index is -0.0660. The van der Waals surface area contributed by atoms with Crippen LogP contribution in [0.25, 0.3) is 0 Å². The zero-order chi connectivity index (χ0) is 11.8. The van der Waals surface area contributed by atoms with Crippen LogP contribution in [0.4, 0.5) is 0 Å². The Morgan fingerprint density at radius 3 is 2.81 bits per heavy atom. The van der Waals surface area contributed by atoms with E-state index in [4.69, 9.17) is 10.00 Å². The van der Waals surface area contributed by atoms with Crippen LogP contribution < -0.4 is 5.32 Å². The first-order chi connectivity index (χ1) is 7.81. The molecule has 1 rings (SSSR count). The quantitative estimate of drug-likeness (QED) is 0.754. The highest BCUT2D eigenvalue weighted by Crippen LogP contribution is 2.29. The van der Waals surface area contributed by atoms with E-state index in [-0.39, 0.29) is 6.04 Å². The molecule has 3 unspecified atom stereocenters. The van der Waals surface area contributed by atoms with Gasteiger partial charge in [0.2, 0.25) is 0 Å². The van der Waals surface area contributed by atoms with Crippen LogP contribution >= 0.6 is 0 Å². The molecule has 92 valence electrons. The average molecular weight is 224 g/mol. The smallest absolute Gasteiger partial charge is 0.0972 e. The van der Waals surface area contributed by atoms with Crippen molar-refractivity contribution in [1.82, 2.24) is 5.32 Å². The molecular weight excluding hydrogens is 200 g/mol. The maximum atomic E-state index is 8.79. The lowest BCUT2D eigenvalue weighted by Crippen LogP contribution is -2.30. The second-order valence-corrected chi connectivity index (χ2v) is 4.62. The molecule has 16 heavy (non-hydrogen) atoms. The van der Waals surface area contributed by atoms with Gasteiger partial charge in [-0.15, -0.1) is 0 Å². The zero-order valence-corrected chi connectivity index (χ0v) is 10.5. The van der Waals surface area contributed by atoms with Crippen LogP contribution in [0.1, 0.15) is 45.4 Å². The van der Waals surface area contributed by atoms with Gasteiger partial charge in [0.1, 0.15) is 0 Å². The van der Waals surface area contributed by atoms with Gasteiger partial charge in [-0.3, -0.25) is 0 Å². The molecule has 0 bridgehead atoms. The molecule has 0 aromatic heterocycles. The molecule has 1 aliphatic carbocycles. The first kappa shape index (κ1) is 13.5. The highest BCUT2D eigenvalue weighted by molar-refractivity contribution is 4.88. The molecule has 0 amide bonds. The lowest BCUT2D eigenvalue weighted by atomic mass is 9.85. The van der Waals surface area contributed by atoms with Gasteiger partial charge in [0, 0.05) is 6.61 Å². The number of hydrogen-bond donors (Lipinski definition) is 1. The van der Waals surface area contributed by atoms with Gasteiger partial charge in [0.05, 0.1) is 18.2 Å².